The fourth-order valence-electron chi connectivity index (χ4n) is 1.85. The molecular formula is C14H30O5S. The third-order valence-corrected chi connectivity index (χ3v) is 4.41. The van der Waals surface area contributed by atoms with Crippen LogP contribution in [-0.4, -0.2) is 68.1 Å². The molecule has 122 valence electrons. The summed E-state index contributed by atoms with van der Waals surface area (Å²) in [5.74, 6) is 1.22. The van der Waals surface area contributed by atoms with Crippen LogP contribution in [0, 0.1) is 0 Å². The molecule has 0 aliphatic rings. The van der Waals surface area contributed by atoms with E-state index in [0.29, 0.717) is 5.75 Å². The topological polar surface area (TPSA) is 101 Å². The predicted molar refractivity (Wildman–Crippen MR) is 81.8 cm³/mol. The fourth-order valence-corrected chi connectivity index (χ4v) is 2.86. The molecular weight excluding hydrogens is 280 g/mol. The van der Waals surface area contributed by atoms with E-state index in [4.69, 9.17) is 5.11 Å². The van der Waals surface area contributed by atoms with Crippen LogP contribution in [0.3, 0.4) is 0 Å². The quantitative estimate of drug-likeness (QED) is 0.318. The molecule has 6 heteroatoms. The maximum Gasteiger partial charge on any atom is 0.111 e. The van der Waals surface area contributed by atoms with Gasteiger partial charge in [0.2, 0.25) is 0 Å². The first kappa shape index (κ1) is 20.1. The Kier molecular flexibility index (Phi) is 13.0. The zero-order valence-electron chi connectivity index (χ0n) is 12.3. The van der Waals surface area contributed by atoms with Gasteiger partial charge in [-0.3, -0.25) is 0 Å². The van der Waals surface area contributed by atoms with Crippen LogP contribution in [0.15, 0.2) is 0 Å². The first-order valence-electron chi connectivity index (χ1n) is 7.45. The molecule has 0 aromatic heterocycles. The van der Waals surface area contributed by atoms with Crippen LogP contribution in [0.2, 0.25) is 0 Å². The van der Waals surface area contributed by atoms with E-state index in [1.165, 1.54) is 43.9 Å². The standard InChI is InChI=1S/C14H30O5S/c1-2-3-4-5-6-7-8-20-10-12(17)14(19)13(18)11(16)9-15/h11-19H,2-10H2,1H3/t11-,12+,13+,14-/m0/s1. The van der Waals surface area contributed by atoms with Crippen LogP contribution in [0.25, 0.3) is 0 Å². The molecule has 0 saturated carbocycles. The van der Waals surface area contributed by atoms with Gasteiger partial charge in [0.05, 0.1) is 12.7 Å². The molecule has 0 aliphatic carbocycles. The minimum Gasteiger partial charge on any atom is -0.394 e. The highest BCUT2D eigenvalue weighted by molar-refractivity contribution is 7.99. The van der Waals surface area contributed by atoms with E-state index in [9.17, 15) is 20.4 Å². The summed E-state index contributed by atoms with van der Waals surface area (Å²) in [4.78, 5) is 0. The minimum absolute atomic E-state index is 0.311. The van der Waals surface area contributed by atoms with E-state index in [-0.39, 0.29) is 0 Å². The largest absolute Gasteiger partial charge is 0.394 e. The van der Waals surface area contributed by atoms with Crippen LogP contribution in [-0.2, 0) is 0 Å². The number of hydrogen-bond donors (Lipinski definition) is 5. The number of thioether (sulfide) groups is 1. The first-order valence-corrected chi connectivity index (χ1v) is 8.60. The zero-order chi connectivity index (χ0) is 15.4. The van der Waals surface area contributed by atoms with Crippen LogP contribution in [0.5, 0.6) is 0 Å². The Morgan fingerprint density at radius 3 is 1.95 bits per heavy atom. The monoisotopic (exact) mass is 310 g/mol. The van der Waals surface area contributed by atoms with Crippen molar-refractivity contribution in [2.75, 3.05) is 18.1 Å². The molecule has 0 bridgehead atoms. The Labute approximate surface area is 126 Å². The molecule has 5 N–H and O–H groups in total. The lowest BCUT2D eigenvalue weighted by atomic mass is 10.0. The number of rotatable bonds is 13. The number of hydrogen-bond acceptors (Lipinski definition) is 6. The summed E-state index contributed by atoms with van der Waals surface area (Å²) in [5, 5.41) is 46.6. The van der Waals surface area contributed by atoms with Crippen molar-refractivity contribution < 1.29 is 25.5 Å². The van der Waals surface area contributed by atoms with Crippen molar-refractivity contribution in [2.24, 2.45) is 0 Å². The van der Waals surface area contributed by atoms with Gasteiger partial charge in [0.1, 0.15) is 18.3 Å². The number of aliphatic hydroxyl groups excluding tert-OH is 5. The summed E-state index contributed by atoms with van der Waals surface area (Å²) in [6, 6.07) is 0. The molecule has 0 unspecified atom stereocenters. The second-order valence-corrected chi connectivity index (χ2v) is 6.29. The van der Waals surface area contributed by atoms with Crippen LogP contribution in [0.4, 0.5) is 0 Å². The lowest BCUT2D eigenvalue weighted by Gasteiger charge is -2.25. The Hall–Kier alpha value is 0.150. The molecule has 0 rings (SSSR count). The van der Waals surface area contributed by atoms with Crippen LogP contribution >= 0.6 is 11.8 Å². The van der Waals surface area contributed by atoms with Gasteiger partial charge in [0.25, 0.3) is 0 Å². The van der Waals surface area contributed by atoms with Gasteiger partial charge < -0.3 is 25.5 Å². The summed E-state index contributed by atoms with van der Waals surface area (Å²) in [7, 11) is 0. The molecule has 0 amide bonds. The summed E-state index contributed by atoms with van der Waals surface area (Å²) in [5.41, 5.74) is 0. The average Bonchev–Trinajstić information content (AvgIpc) is 2.47. The van der Waals surface area contributed by atoms with Crippen molar-refractivity contribution in [3.05, 3.63) is 0 Å². The predicted octanol–water partition coefficient (Wildman–Crippen LogP) is 0.516. The average molecular weight is 310 g/mol. The molecule has 0 radical (unpaired) electrons. The van der Waals surface area contributed by atoms with E-state index in [0.717, 1.165) is 12.2 Å². The van der Waals surface area contributed by atoms with E-state index < -0.39 is 31.0 Å². The maximum absolute atomic E-state index is 9.68. The molecule has 4 atom stereocenters. The summed E-state index contributed by atoms with van der Waals surface area (Å²) >= 11 is 1.52. The molecule has 20 heavy (non-hydrogen) atoms. The van der Waals surface area contributed by atoms with Gasteiger partial charge in [0.15, 0.2) is 0 Å². The van der Waals surface area contributed by atoms with Crippen molar-refractivity contribution in [1.82, 2.24) is 0 Å². The van der Waals surface area contributed by atoms with Crippen molar-refractivity contribution >= 4 is 11.8 Å². The molecule has 0 spiro atoms. The van der Waals surface area contributed by atoms with E-state index >= 15 is 0 Å². The second-order valence-electron chi connectivity index (χ2n) is 5.14. The molecule has 5 nitrogen and oxygen atoms in total. The molecule has 0 aromatic carbocycles. The van der Waals surface area contributed by atoms with Crippen molar-refractivity contribution in [3.63, 3.8) is 0 Å². The van der Waals surface area contributed by atoms with Crippen LogP contribution in [0.1, 0.15) is 45.4 Å². The molecule has 0 aromatic rings. The summed E-state index contributed by atoms with van der Waals surface area (Å²) in [6.45, 7) is 1.54. The fraction of sp³-hybridized carbons (Fsp3) is 1.00. The second kappa shape index (κ2) is 12.9. The number of aliphatic hydroxyl groups is 5. The lowest BCUT2D eigenvalue weighted by molar-refractivity contribution is -0.109. The van der Waals surface area contributed by atoms with Crippen molar-refractivity contribution in [2.45, 2.75) is 69.9 Å². The van der Waals surface area contributed by atoms with Gasteiger partial charge in [-0.25, -0.2) is 0 Å². The Bertz CT molecular complexity index is 218. The molecule has 0 saturated heterocycles. The Balaban J connectivity index is 3.59. The highest BCUT2D eigenvalue weighted by Crippen LogP contribution is 2.14. The third-order valence-electron chi connectivity index (χ3n) is 3.26. The van der Waals surface area contributed by atoms with Crippen LogP contribution < -0.4 is 0 Å². The first-order chi connectivity index (χ1) is 9.54. The van der Waals surface area contributed by atoms with Gasteiger partial charge >= 0.3 is 0 Å². The highest BCUT2D eigenvalue weighted by Gasteiger charge is 2.29. The van der Waals surface area contributed by atoms with Gasteiger partial charge in [-0.1, -0.05) is 39.0 Å². The van der Waals surface area contributed by atoms with Gasteiger partial charge in [0, 0.05) is 5.75 Å². The third kappa shape index (κ3) is 9.15. The molecule has 0 heterocycles. The van der Waals surface area contributed by atoms with Gasteiger partial charge in [-0.15, -0.1) is 0 Å². The zero-order valence-corrected chi connectivity index (χ0v) is 13.1. The summed E-state index contributed by atoms with van der Waals surface area (Å²) < 4.78 is 0. The Morgan fingerprint density at radius 2 is 1.35 bits per heavy atom. The smallest absolute Gasteiger partial charge is 0.111 e. The van der Waals surface area contributed by atoms with Gasteiger partial charge in [-0.2, -0.15) is 11.8 Å². The normalized spacial score (nSPS) is 17.7. The molecule has 0 aliphatic heterocycles. The van der Waals surface area contributed by atoms with Crippen molar-refractivity contribution in [1.29, 1.82) is 0 Å². The lowest BCUT2D eigenvalue weighted by Crippen LogP contribution is -2.46. The van der Waals surface area contributed by atoms with E-state index in [2.05, 4.69) is 6.92 Å². The maximum atomic E-state index is 9.68. The number of unbranched alkanes of at least 4 members (excludes halogenated alkanes) is 5. The minimum atomic E-state index is -1.52. The SMILES string of the molecule is CCCCCCCCSC[C@@H](O)[C@H](O)[C@H](O)[C@@H](O)CO. The Morgan fingerprint density at radius 1 is 0.800 bits per heavy atom. The highest BCUT2D eigenvalue weighted by atomic mass is 32.2. The van der Waals surface area contributed by atoms with Gasteiger partial charge in [-0.05, 0) is 12.2 Å². The van der Waals surface area contributed by atoms with E-state index in [1.54, 1.807) is 0 Å². The summed E-state index contributed by atoms with van der Waals surface area (Å²) in [6.07, 6.45) is 1.80. The van der Waals surface area contributed by atoms with E-state index in [1.807, 2.05) is 0 Å². The molecule has 0 fully saturated rings. The van der Waals surface area contributed by atoms with Crippen molar-refractivity contribution in [3.8, 4) is 0 Å².